The van der Waals surface area contributed by atoms with Gasteiger partial charge in [0.2, 0.25) is 0 Å². The number of hydrogen-bond donors (Lipinski definition) is 1. The van der Waals surface area contributed by atoms with E-state index in [0.717, 1.165) is 6.08 Å². The Morgan fingerprint density at radius 2 is 2.17 bits per heavy atom. The molecule has 0 aromatic carbocycles. The minimum absolute atomic E-state index is 0.258. The Morgan fingerprint density at radius 3 is 2.72 bits per heavy atom. The van der Waals surface area contributed by atoms with Gasteiger partial charge < -0.3 is 19.3 Å². The van der Waals surface area contributed by atoms with Crippen molar-refractivity contribution in [3.63, 3.8) is 0 Å². The first kappa shape index (κ1) is 13.7. The van der Waals surface area contributed by atoms with E-state index in [0.29, 0.717) is 0 Å². The third-order valence-electron chi connectivity index (χ3n) is 3.22. The second kappa shape index (κ2) is 4.44. The zero-order valence-electron chi connectivity index (χ0n) is 10.4. The highest BCUT2D eigenvalue weighted by Gasteiger charge is 2.63. The summed E-state index contributed by atoms with van der Waals surface area (Å²) in [7, 11) is 1.70. The van der Waals surface area contributed by atoms with Crippen LogP contribution in [0.4, 0.5) is 8.78 Å². The maximum atomic E-state index is 12.2. The first-order valence-electron chi connectivity index (χ1n) is 5.74. The molecule has 1 N–H and O–H groups in total. The van der Waals surface area contributed by atoms with Crippen LogP contribution in [-0.2, 0) is 14.2 Å². The summed E-state index contributed by atoms with van der Waals surface area (Å²) in [4.78, 5) is 0. The van der Waals surface area contributed by atoms with Crippen LogP contribution >= 0.6 is 0 Å². The number of ether oxygens (including phenoxy) is 3. The molecule has 0 bridgehead atoms. The third kappa shape index (κ3) is 2.13. The maximum Gasteiger partial charge on any atom is 0.312 e. The summed E-state index contributed by atoms with van der Waals surface area (Å²) in [6, 6.07) is -0.506. The lowest BCUT2D eigenvalue weighted by atomic mass is 9.80. The third-order valence-corrected chi connectivity index (χ3v) is 3.22. The van der Waals surface area contributed by atoms with Crippen molar-refractivity contribution >= 4 is 7.85 Å². The molecule has 2 aliphatic rings. The predicted octanol–water partition coefficient (Wildman–Crippen LogP) is 0.162. The fraction of sp³-hybridized carbons (Fsp3) is 0.727. The van der Waals surface area contributed by atoms with Crippen LogP contribution in [-0.4, -0.2) is 49.2 Å². The van der Waals surface area contributed by atoms with E-state index in [-0.39, 0.29) is 6.61 Å². The van der Waals surface area contributed by atoms with Gasteiger partial charge in [0.15, 0.2) is 5.79 Å². The Kier molecular flexibility index (Phi) is 3.38. The molecule has 100 valence electrons. The molecule has 2 rings (SSSR count). The molecule has 0 aromatic heterocycles. The van der Waals surface area contributed by atoms with Crippen molar-refractivity contribution in [3.8, 4) is 0 Å². The summed E-state index contributed by atoms with van der Waals surface area (Å²) in [5.74, 6) is -0.916. The Bertz CT molecular complexity index is 404. The van der Waals surface area contributed by atoms with Crippen LogP contribution in [0.15, 0.2) is 17.9 Å². The SMILES string of the molecule is B[C@@H]1O[C@H](CO)C2OC(C)(C)O[C@]21C=C=C(F)F. The molecule has 2 saturated heterocycles. The van der Waals surface area contributed by atoms with Gasteiger partial charge in [-0.1, -0.05) is 5.73 Å². The highest BCUT2D eigenvalue weighted by molar-refractivity contribution is 6.12. The van der Waals surface area contributed by atoms with E-state index in [2.05, 4.69) is 0 Å². The van der Waals surface area contributed by atoms with E-state index in [9.17, 15) is 13.9 Å². The summed E-state index contributed by atoms with van der Waals surface area (Å²) in [6.45, 7) is 3.13. The zero-order chi connectivity index (χ0) is 13.6. The molecule has 0 spiro atoms. The average Bonchev–Trinajstić information content (AvgIpc) is 2.67. The molecule has 0 aliphatic carbocycles. The first-order valence-corrected chi connectivity index (χ1v) is 5.74. The molecular weight excluding hydrogens is 245 g/mol. The minimum Gasteiger partial charge on any atom is -0.394 e. The maximum absolute atomic E-state index is 12.2. The fourth-order valence-electron chi connectivity index (χ4n) is 2.56. The van der Waals surface area contributed by atoms with Crippen LogP contribution in [0.2, 0.25) is 0 Å². The second-order valence-electron chi connectivity index (χ2n) is 4.94. The second-order valence-corrected chi connectivity index (χ2v) is 4.94. The molecule has 2 heterocycles. The number of rotatable bonds is 2. The lowest BCUT2D eigenvalue weighted by Gasteiger charge is -2.27. The van der Waals surface area contributed by atoms with Crippen molar-refractivity contribution in [3.05, 3.63) is 17.9 Å². The van der Waals surface area contributed by atoms with Gasteiger partial charge in [-0.2, -0.15) is 8.78 Å². The topological polar surface area (TPSA) is 47.9 Å². The standard InChI is InChI=1S/C11H15BF2O4/c1-10(2)17-8-6(5-15)16-9(12)11(8,18-10)4-3-7(13)14/h4,6,8-9,15H,5,12H2,1-2H3/t6-,8?,9-,11-/m1/s1. The van der Waals surface area contributed by atoms with Crippen molar-refractivity contribution in [1.82, 2.24) is 0 Å². The van der Waals surface area contributed by atoms with Crippen LogP contribution in [0.3, 0.4) is 0 Å². The minimum atomic E-state index is -1.93. The van der Waals surface area contributed by atoms with Gasteiger partial charge in [0, 0.05) is 0 Å². The van der Waals surface area contributed by atoms with E-state index in [4.69, 9.17) is 14.2 Å². The van der Waals surface area contributed by atoms with E-state index in [1.54, 1.807) is 21.7 Å². The summed E-state index contributed by atoms with van der Waals surface area (Å²) in [5, 5.41) is 9.24. The lowest BCUT2D eigenvalue weighted by molar-refractivity contribution is -0.191. The van der Waals surface area contributed by atoms with Gasteiger partial charge in [-0.15, -0.1) is 0 Å². The number of aliphatic hydroxyl groups excluding tert-OH is 1. The number of hydrogen-bond acceptors (Lipinski definition) is 4. The first-order chi connectivity index (χ1) is 8.31. The van der Waals surface area contributed by atoms with E-state index in [1.165, 1.54) is 0 Å². The van der Waals surface area contributed by atoms with Crippen molar-refractivity contribution in [1.29, 1.82) is 0 Å². The lowest BCUT2D eigenvalue weighted by Crippen LogP contribution is -2.45. The fourth-order valence-corrected chi connectivity index (χ4v) is 2.56. The molecular formula is C11H15BF2O4. The van der Waals surface area contributed by atoms with Crippen LogP contribution in [0.5, 0.6) is 0 Å². The largest absolute Gasteiger partial charge is 0.394 e. The van der Waals surface area contributed by atoms with E-state index < -0.39 is 35.7 Å². The molecule has 4 atom stereocenters. The van der Waals surface area contributed by atoms with Gasteiger partial charge in [-0.25, -0.2) is 0 Å². The Labute approximate surface area is 105 Å². The van der Waals surface area contributed by atoms with Gasteiger partial charge in [0.25, 0.3) is 0 Å². The van der Waals surface area contributed by atoms with Crippen LogP contribution in [0.1, 0.15) is 13.8 Å². The van der Waals surface area contributed by atoms with Gasteiger partial charge >= 0.3 is 6.08 Å². The molecule has 4 nitrogen and oxygen atoms in total. The summed E-state index contributed by atoms with van der Waals surface area (Å²) >= 11 is 0. The molecule has 0 amide bonds. The van der Waals surface area contributed by atoms with Gasteiger partial charge in [-0.05, 0) is 19.9 Å². The number of fused-ring (bicyclic) bond motifs is 1. The zero-order valence-corrected chi connectivity index (χ0v) is 10.4. The highest BCUT2D eigenvalue weighted by atomic mass is 19.3. The quantitative estimate of drug-likeness (QED) is 0.567. The predicted molar refractivity (Wildman–Crippen MR) is 60.9 cm³/mol. The average molecular weight is 260 g/mol. The van der Waals surface area contributed by atoms with E-state index in [1.807, 2.05) is 5.73 Å². The summed E-state index contributed by atoms with van der Waals surface area (Å²) < 4.78 is 41.3. The van der Waals surface area contributed by atoms with Crippen molar-refractivity contribution in [2.24, 2.45) is 0 Å². The van der Waals surface area contributed by atoms with Crippen LogP contribution < -0.4 is 0 Å². The smallest absolute Gasteiger partial charge is 0.312 e. The number of aliphatic hydroxyl groups is 1. The monoisotopic (exact) mass is 260 g/mol. The molecule has 7 heteroatoms. The normalized spacial score (nSPS) is 41.3. The van der Waals surface area contributed by atoms with Crippen molar-refractivity contribution < 1.29 is 28.1 Å². The highest BCUT2D eigenvalue weighted by Crippen LogP contribution is 2.46. The summed E-state index contributed by atoms with van der Waals surface area (Å²) in [6.07, 6.45) is -2.01. The Hall–Kier alpha value is -0.715. The Balaban J connectivity index is 2.42. The van der Waals surface area contributed by atoms with Gasteiger partial charge in [0.1, 0.15) is 25.7 Å². The molecule has 0 radical (unpaired) electrons. The molecule has 0 saturated carbocycles. The molecule has 18 heavy (non-hydrogen) atoms. The van der Waals surface area contributed by atoms with Gasteiger partial charge in [0.05, 0.1) is 12.6 Å². The molecule has 0 aromatic rings. The van der Waals surface area contributed by atoms with Crippen LogP contribution in [0, 0.1) is 0 Å². The van der Waals surface area contributed by atoms with Crippen molar-refractivity contribution in [2.75, 3.05) is 6.61 Å². The Morgan fingerprint density at radius 1 is 1.50 bits per heavy atom. The molecule has 1 unspecified atom stereocenters. The molecule has 2 fully saturated rings. The number of halogens is 2. The molecule has 2 aliphatic heterocycles. The van der Waals surface area contributed by atoms with Crippen molar-refractivity contribution in [2.45, 2.75) is 43.4 Å². The summed E-state index contributed by atoms with van der Waals surface area (Å²) in [5.41, 5.74) is 0.716. The van der Waals surface area contributed by atoms with Gasteiger partial charge in [-0.3, -0.25) is 0 Å². The van der Waals surface area contributed by atoms with Crippen LogP contribution in [0.25, 0.3) is 0 Å². The van der Waals surface area contributed by atoms with E-state index >= 15 is 0 Å².